The van der Waals surface area contributed by atoms with Gasteiger partial charge in [-0.2, -0.15) is 0 Å². The number of nitrogens with zero attached hydrogens (tertiary/aromatic N) is 1. The predicted molar refractivity (Wildman–Crippen MR) is 94.6 cm³/mol. The molecule has 2 aromatic carbocycles. The minimum Gasteiger partial charge on any atom is -0.465 e. The summed E-state index contributed by atoms with van der Waals surface area (Å²) >= 11 is 0. The third-order valence-corrected chi connectivity index (χ3v) is 5.20. The first kappa shape index (κ1) is 17.1. The summed E-state index contributed by atoms with van der Waals surface area (Å²) in [5.74, 6) is -3.00. The highest BCUT2D eigenvalue weighted by atomic mass is 16.5. The normalized spacial score (nSPS) is 23.1. The van der Waals surface area contributed by atoms with E-state index in [1.54, 1.807) is 0 Å². The van der Waals surface area contributed by atoms with E-state index in [0.717, 1.165) is 5.56 Å². The molecule has 1 aliphatic carbocycles. The summed E-state index contributed by atoms with van der Waals surface area (Å²) < 4.78 is 4.63. The third kappa shape index (κ3) is 2.83. The number of rotatable bonds is 5. The minimum absolute atomic E-state index is 0.234. The molecule has 6 heteroatoms. The van der Waals surface area contributed by atoms with Crippen molar-refractivity contribution in [3.05, 3.63) is 71.3 Å². The van der Waals surface area contributed by atoms with E-state index >= 15 is 0 Å². The molecule has 1 aliphatic heterocycles. The summed E-state index contributed by atoms with van der Waals surface area (Å²) in [6, 6.07) is 15.3. The molecule has 2 aliphatic rings. The lowest BCUT2D eigenvalue weighted by atomic mass is 10.0. The summed E-state index contributed by atoms with van der Waals surface area (Å²) in [6.07, 6.45) is 0. The van der Waals surface area contributed by atoms with E-state index in [2.05, 4.69) is 4.74 Å². The van der Waals surface area contributed by atoms with Crippen LogP contribution in [0.5, 0.6) is 0 Å². The number of ketones is 1. The number of carbonyl (C=O) groups is 4. The zero-order valence-electron chi connectivity index (χ0n) is 14.6. The first-order valence-corrected chi connectivity index (χ1v) is 8.64. The van der Waals surface area contributed by atoms with Gasteiger partial charge in [-0.3, -0.25) is 19.3 Å². The Morgan fingerprint density at radius 3 is 2.00 bits per heavy atom. The molecular weight excluding hydrogens is 346 g/mol. The second-order valence-corrected chi connectivity index (χ2v) is 6.76. The maximum Gasteiger partial charge on any atom is 0.337 e. The Hall–Kier alpha value is -3.28. The van der Waals surface area contributed by atoms with Crippen molar-refractivity contribution in [1.82, 2.24) is 4.90 Å². The molecule has 2 amide bonds. The number of benzene rings is 2. The lowest BCUT2D eigenvalue weighted by Crippen LogP contribution is -2.35. The van der Waals surface area contributed by atoms with Gasteiger partial charge in [0.15, 0.2) is 5.78 Å². The molecular formula is C21H17NO5. The number of amides is 2. The van der Waals surface area contributed by atoms with Crippen LogP contribution in [0.2, 0.25) is 0 Å². The second kappa shape index (κ2) is 6.46. The molecule has 0 spiro atoms. The highest BCUT2D eigenvalue weighted by molar-refractivity contribution is 6.17. The van der Waals surface area contributed by atoms with Crippen molar-refractivity contribution in [3.8, 4) is 0 Å². The number of Topliss-reactive ketones (excluding diaryl/α,β-unsaturated/α-hetero) is 1. The van der Waals surface area contributed by atoms with Crippen molar-refractivity contribution in [2.24, 2.45) is 17.8 Å². The molecule has 4 rings (SSSR count). The molecule has 1 unspecified atom stereocenters. The third-order valence-electron chi connectivity index (χ3n) is 5.20. The number of imide groups is 1. The summed E-state index contributed by atoms with van der Waals surface area (Å²) in [7, 11) is 1.28. The van der Waals surface area contributed by atoms with E-state index in [1.165, 1.54) is 36.3 Å². The molecule has 0 radical (unpaired) electrons. The van der Waals surface area contributed by atoms with Gasteiger partial charge in [0.1, 0.15) is 0 Å². The van der Waals surface area contributed by atoms with Gasteiger partial charge in [-0.1, -0.05) is 42.5 Å². The molecule has 27 heavy (non-hydrogen) atoms. The van der Waals surface area contributed by atoms with Crippen molar-refractivity contribution in [2.75, 3.05) is 7.11 Å². The summed E-state index contributed by atoms with van der Waals surface area (Å²) in [4.78, 5) is 50.6. The van der Waals surface area contributed by atoms with Crippen LogP contribution >= 0.6 is 0 Å². The second-order valence-electron chi connectivity index (χ2n) is 6.76. The molecule has 0 N–H and O–H groups in total. The number of carbonyl (C=O) groups excluding carboxylic acids is 4. The number of hydrogen-bond donors (Lipinski definition) is 0. The molecule has 3 atom stereocenters. The number of likely N-dealkylation sites (tertiary alicyclic amines) is 1. The van der Waals surface area contributed by atoms with Crippen molar-refractivity contribution in [2.45, 2.75) is 6.54 Å². The average molecular weight is 363 g/mol. The average Bonchev–Trinajstić information content (AvgIpc) is 3.41. The topological polar surface area (TPSA) is 80.8 Å². The molecule has 1 saturated carbocycles. The molecule has 136 valence electrons. The van der Waals surface area contributed by atoms with E-state index < -0.39 is 23.7 Å². The van der Waals surface area contributed by atoms with Crippen LogP contribution in [-0.4, -0.2) is 35.6 Å². The Labute approximate surface area is 155 Å². The van der Waals surface area contributed by atoms with Gasteiger partial charge < -0.3 is 4.74 Å². The van der Waals surface area contributed by atoms with Gasteiger partial charge in [0, 0.05) is 11.5 Å². The van der Waals surface area contributed by atoms with E-state index in [0.29, 0.717) is 11.1 Å². The maximum atomic E-state index is 12.7. The van der Waals surface area contributed by atoms with Crippen LogP contribution in [0.3, 0.4) is 0 Å². The van der Waals surface area contributed by atoms with Gasteiger partial charge in [-0.25, -0.2) is 4.79 Å². The Balaban J connectivity index is 1.46. The number of piperidine rings is 1. The van der Waals surface area contributed by atoms with Crippen LogP contribution in [0.25, 0.3) is 0 Å². The first-order chi connectivity index (χ1) is 13.0. The van der Waals surface area contributed by atoms with E-state index in [9.17, 15) is 19.2 Å². The molecule has 1 saturated heterocycles. The van der Waals surface area contributed by atoms with Crippen LogP contribution in [0.4, 0.5) is 0 Å². The van der Waals surface area contributed by atoms with E-state index in [-0.39, 0.29) is 24.1 Å². The summed E-state index contributed by atoms with van der Waals surface area (Å²) in [5.41, 5.74) is 1.60. The fourth-order valence-corrected chi connectivity index (χ4v) is 3.72. The van der Waals surface area contributed by atoms with E-state index in [4.69, 9.17) is 0 Å². The fourth-order valence-electron chi connectivity index (χ4n) is 3.72. The molecule has 1 heterocycles. The Bertz CT molecular complexity index is 913. The zero-order chi connectivity index (χ0) is 19.1. The van der Waals surface area contributed by atoms with Gasteiger partial charge in [-0.15, -0.1) is 0 Å². The standard InChI is InChI=1S/C21H17NO5/c1-27-21(26)14-9-7-13(8-10-14)18(23)15-16-17(15)20(25)22(19(16)24)11-12-5-3-2-4-6-12/h2-10,15-17H,11H2,1H3/t15?,16-,17+. The lowest BCUT2D eigenvalue weighted by molar-refractivity contribution is -0.142. The number of hydrogen-bond acceptors (Lipinski definition) is 5. The quantitative estimate of drug-likeness (QED) is 0.462. The SMILES string of the molecule is COC(=O)c1ccc(C(=O)C2[C@H]3C(=O)N(Cc4ccccc4)C(=O)[C@@H]23)cc1. The lowest BCUT2D eigenvalue weighted by Gasteiger charge is -2.18. The van der Waals surface area contributed by atoms with Gasteiger partial charge in [0.05, 0.1) is 31.1 Å². The zero-order valence-corrected chi connectivity index (χ0v) is 14.6. The largest absolute Gasteiger partial charge is 0.465 e. The molecule has 0 aromatic heterocycles. The smallest absolute Gasteiger partial charge is 0.337 e. The predicted octanol–water partition coefficient (Wildman–Crippen LogP) is 2.09. The number of ether oxygens (including phenoxy) is 1. The minimum atomic E-state index is -0.596. The van der Waals surface area contributed by atoms with Gasteiger partial charge >= 0.3 is 5.97 Å². The molecule has 2 aromatic rings. The van der Waals surface area contributed by atoms with Crippen molar-refractivity contribution in [1.29, 1.82) is 0 Å². The maximum absolute atomic E-state index is 12.7. The van der Waals surface area contributed by atoms with Crippen molar-refractivity contribution in [3.63, 3.8) is 0 Å². The van der Waals surface area contributed by atoms with E-state index in [1.807, 2.05) is 30.3 Å². The number of esters is 1. The van der Waals surface area contributed by atoms with Crippen molar-refractivity contribution >= 4 is 23.6 Å². The fraction of sp³-hybridized carbons (Fsp3) is 0.238. The molecule has 0 bridgehead atoms. The Morgan fingerprint density at radius 1 is 0.889 bits per heavy atom. The van der Waals surface area contributed by atoms with Gasteiger partial charge in [0.25, 0.3) is 0 Å². The monoisotopic (exact) mass is 363 g/mol. The van der Waals surface area contributed by atoms with Crippen LogP contribution in [0.15, 0.2) is 54.6 Å². The molecule has 2 fully saturated rings. The highest BCUT2D eigenvalue weighted by Gasteiger charge is 2.69. The van der Waals surface area contributed by atoms with Crippen LogP contribution in [0, 0.1) is 17.8 Å². The van der Waals surface area contributed by atoms with Crippen LogP contribution < -0.4 is 0 Å². The summed E-state index contributed by atoms with van der Waals surface area (Å²) in [6.45, 7) is 0.236. The number of methoxy groups -OCH3 is 1. The first-order valence-electron chi connectivity index (χ1n) is 8.64. The molecule has 6 nitrogen and oxygen atoms in total. The van der Waals surface area contributed by atoms with Crippen molar-refractivity contribution < 1.29 is 23.9 Å². The van der Waals surface area contributed by atoms with Crippen LogP contribution in [-0.2, 0) is 20.9 Å². The Morgan fingerprint density at radius 2 is 1.44 bits per heavy atom. The summed E-state index contributed by atoms with van der Waals surface area (Å²) in [5, 5.41) is 0. The van der Waals surface area contributed by atoms with Gasteiger partial charge in [-0.05, 0) is 17.7 Å². The number of fused-ring (bicyclic) bond motifs is 1. The Kier molecular flexibility index (Phi) is 4.11. The van der Waals surface area contributed by atoms with Gasteiger partial charge in [0.2, 0.25) is 11.8 Å². The van der Waals surface area contributed by atoms with Crippen LogP contribution in [0.1, 0.15) is 26.3 Å². The highest BCUT2D eigenvalue weighted by Crippen LogP contribution is 2.55.